The topological polar surface area (TPSA) is 27.1 Å². The Morgan fingerprint density at radius 3 is 3.10 bits per heavy atom. The Morgan fingerprint density at radius 2 is 2.60 bits per heavy atom. The van der Waals surface area contributed by atoms with Crippen LogP contribution < -0.4 is 0 Å². The second kappa shape index (κ2) is 3.92. The molecule has 0 saturated carbocycles. The first-order valence-electron chi connectivity index (χ1n) is 3.06. The zero-order valence-electron chi connectivity index (χ0n) is 5.70. The highest BCUT2D eigenvalue weighted by Gasteiger charge is 1.99. The van der Waals surface area contributed by atoms with Gasteiger partial charge in [-0.05, 0) is 6.92 Å². The van der Waals surface area contributed by atoms with Crippen LogP contribution in [0.5, 0.6) is 0 Å². The third kappa shape index (κ3) is 2.26. The van der Waals surface area contributed by atoms with Crippen LogP contribution in [-0.2, 0) is 9.61 Å². The SMILES string of the molecule is C[C@@H](Cn1ccnc1)OI. The summed E-state index contributed by atoms with van der Waals surface area (Å²) < 4.78 is 7.03. The van der Waals surface area contributed by atoms with Crippen LogP contribution in [0.15, 0.2) is 18.7 Å². The van der Waals surface area contributed by atoms with Crippen molar-refractivity contribution in [3.63, 3.8) is 0 Å². The van der Waals surface area contributed by atoms with E-state index in [4.69, 9.17) is 3.07 Å². The molecular weight excluding hydrogens is 243 g/mol. The highest BCUT2D eigenvalue weighted by atomic mass is 127. The van der Waals surface area contributed by atoms with Crippen LogP contribution >= 0.6 is 23.0 Å². The summed E-state index contributed by atoms with van der Waals surface area (Å²) in [5, 5.41) is 0. The van der Waals surface area contributed by atoms with Gasteiger partial charge in [0.2, 0.25) is 0 Å². The minimum atomic E-state index is 0.245. The van der Waals surface area contributed by atoms with E-state index in [1.807, 2.05) is 40.7 Å². The first kappa shape index (κ1) is 8.00. The standard InChI is InChI=1S/C6H9IN2O/c1-6(10-7)4-9-3-2-8-5-9/h2-3,5-6H,4H2,1H3/t6-/m0/s1. The van der Waals surface area contributed by atoms with Crippen molar-refractivity contribution in [1.82, 2.24) is 9.55 Å². The molecular formula is C6H9IN2O. The summed E-state index contributed by atoms with van der Waals surface area (Å²) in [5.74, 6) is 0. The van der Waals surface area contributed by atoms with Crippen LogP contribution in [0.2, 0.25) is 0 Å². The Labute approximate surface area is 74.1 Å². The zero-order valence-corrected chi connectivity index (χ0v) is 7.85. The van der Waals surface area contributed by atoms with E-state index in [1.165, 1.54) is 0 Å². The molecule has 3 nitrogen and oxygen atoms in total. The molecule has 1 rings (SSSR count). The fourth-order valence-corrected chi connectivity index (χ4v) is 0.881. The molecule has 0 aliphatic rings. The molecule has 0 N–H and O–H groups in total. The lowest BCUT2D eigenvalue weighted by Gasteiger charge is -2.06. The normalized spacial score (nSPS) is 13.4. The molecule has 0 bridgehead atoms. The highest BCUT2D eigenvalue weighted by molar-refractivity contribution is 14.1. The molecule has 56 valence electrons. The Hall–Kier alpha value is -0.100. The van der Waals surface area contributed by atoms with E-state index in [0.29, 0.717) is 0 Å². The maximum atomic E-state index is 5.04. The minimum Gasteiger partial charge on any atom is -0.335 e. The van der Waals surface area contributed by atoms with E-state index in [-0.39, 0.29) is 6.10 Å². The number of aromatic nitrogens is 2. The third-order valence-corrected chi connectivity index (χ3v) is 2.05. The van der Waals surface area contributed by atoms with Gasteiger partial charge >= 0.3 is 0 Å². The average molecular weight is 252 g/mol. The van der Waals surface area contributed by atoms with E-state index < -0.39 is 0 Å². The largest absolute Gasteiger partial charge is 0.335 e. The predicted octanol–water partition coefficient (Wildman–Crippen LogP) is 1.64. The summed E-state index contributed by atoms with van der Waals surface area (Å²) in [4.78, 5) is 3.91. The lowest BCUT2D eigenvalue weighted by atomic mass is 10.4. The number of hydrogen-bond donors (Lipinski definition) is 0. The molecule has 10 heavy (non-hydrogen) atoms. The van der Waals surface area contributed by atoms with Crippen molar-refractivity contribution in [2.45, 2.75) is 19.6 Å². The molecule has 0 aliphatic carbocycles. The first-order chi connectivity index (χ1) is 4.83. The fraction of sp³-hybridized carbons (Fsp3) is 0.500. The van der Waals surface area contributed by atoms with E-state index in [9.17, 15) is 0 Å². The predicted molar refractivity (Wildman–Crippen MR) is 46.8 cm³/mol. The van der Waals surface area contributed by atoms with Gasteiger partial charge < -0.3 is 7.63 Å². The average Bonchev–Trinajstić information content (AvgIpc) is 2.40. The number of halogens is 1. The Bertz CT molecular complexity index is 176. The van der Waals surface area contributed by atoms with Gasteiger partial charge in [-0.3, -0.25) is 0 Å². The molecule has 1 atom stereocenters. The Morgan fingerprint density at radius 1 is 1.80 bits per heavy atom. The van der Waals surface area contributed by atoms with Gasteiger partial charge in [0.15, 0.2) is 0 Å². The van der Waals surface area contributed by atoms with Crippen LogP contribution in [-0.4, -0.2) is 15.7 Å². The van der Waals surface area contributed by atoms with E-state index in [1.54, 1.807) is 12.5 Å². The maximum absolute atomic E-state index is 5.04. The fourth-order valence-electron chi connectivity index (χ4n) is 0.720. The summed E-state index contributed by atoms with van der Waals surface area (Å²) >= 11 is 1.90. The van der Waals surface area contributed by atoms with Crippen molar-refractivity contribution in [1.29, 1.82) is 0 Å². The first-order valence-corrected chi connectivity index (χ1v) is 3.94. The number of rotatable bonds is 3. The van der Waals surface area contributed by atoms with Gasteiger partial charge in [0.25, 0.3) is 0 Å². The molecule has 1 heterocycles. The van der Waals surface area contributed by atoms with Crippen LogP contribution in [0, 0.1) is 0 Å². The molecule has 0 aromatic carbocycles. The van der Waals surface area contributed by atoms with Crippen LogP contribution in [0.3, 0.4) is 0 Å². The summed E-state index contributed by atoms with van der Waals surface area (Å²) in [6.45, 7) is 2.88. The van der Waals surface area contributed by atoms with Crippen molar-refractivity contribution in [3.8, 4) is 0 Å². The van der Waals surface area contributed by atoms with Crippen molar-refractivity contribution >= 4 is 23.0 Å². The van der Waals surface area contributed by atoms with Crippen LogP contribution in [0.4, 0.5) is 0 Å². The summed E-state index contributed by atoms with van der Waals surface area (Å²) in [6.07, 6.45) is 5.72. The van der Waals surface area contributed by atoms with Gasteiger partial charge in [0.05, 0.1) is 19.0 Å². The molecule has 0 amide bonds. The molecule has 0 radical (unpaired) electrons. The van der Waals surface area contributed by atoms with Crippen molar-refractivity contribution in [2.24, 2.45) is 0 Å². The highest BCUT2D eigenvalue weighted by Crippen LogP contribution is 2.00. The molecule has 0 saturated heterocycles. The molecule has 4 heteroatoms. The van der Waals surface area contributed by atoms with Crippen molar-refractivity contribution in [2.75, 3.05) is 0 Å². The zero-order chi connectivity index (χ0) is 7.40. The quantitative estimate of drug-likeness (QED) is 0.764. The molecule has 1 aromatic heterocycles. The number of nitrogens with zero attached hydrogens (tertiary/aromatic N) is 2. The second-order valence-corrected chi connectivity index (χ2v) is 2.67. The summed E-state index contributed by atoms with van der Waals surface area (Å²) in [5.41, 5.74) is 0. The lowest BCUT2D eigenvalue weighted by Crippen LogP contribution is -2.10. The van der Waals surface area contributed by atoms with Gasteiger partial charge in [0, 0.05) is 12.4 Å². The van der Waals surface area contributed by atoms with Gasteiger partial charge in [-0.1, -0.05) is 0 Å². The maximum Gasteiger partial charge on any atom is 0.110 e. The number of hydrogen-bond acceptors (Lipinski definition) is 2. The van der Waals surface area contributed by atoms with Gasteiger partial charge in [-0.2, -0.15) is 0 Å². The molecule has 0 spiro atoms. The Balaban J connectivity index is 2.40. The Kier molecular flexibility index (Phi) is 3.14. The summed E-state index contributed by atoms with van der Waals surface area (Å²) in [6, 6.07) is 0. The lowest BCUT2D eigenvalue weighted by molar-refractivity contribution is 0.275. The van der Waals surface area contributed by atoms with Gasteiger partial charge in [-0.15, -0.1) is 0 Å². The summed E-state index contributed by atoms with van der Waals surface area (Å²) in [7, 11) is 0. The minimum absolute atomic E-state index is 0.245. The number of imidazole rings is 1. The molecule has 0 aliphatic heterocycles. The van der Waals surface area contributed by atoms with E-state index in [2.05, 4.69) is 4.98 Å². The van der Waals surface area contributed by atoms with Crippen molar-refractivity contribution in [3.05, 3.63) is 18.7 Å². The molecule has 1 aromatic rings. The van der Waals surface area contributed by atoms with Crippen LogP contribution in [0.25, 0.3) is 0 Å². The smallest absolute Gasteiger partial charge is 0.110 e. The molecule has 0 unspecified atom stereocenters. The van der Waals surface area contributed by atoms with Crippen molar-refractivity contribution < 1.29 is 3.07 Å². The third-order valence-electron chi connectivity index (χ3n) is 1.18. The monoisotopic (exact) mass is 252 g/mol. The molecule has 0 fully saturated rings. The second-order valence-electron chi connectivity index (χ2n) is 2.16. The van der Waals surface area contributed by atoms with Crippen LogP contribution in [0.1, 0.15) is 6.92 Å². The van der Waals surface area contributed by atoms with Gasteiger partial charge in [0.1, 0.15) is 23.0 Å². The van der Waals surface area contributed by atoms with Gasteiger partial charge in [-0.25, -0.2) is 4.98 Å². The van der Waals surface area contributed by atoms with E-state index in [0.717, 1.165) is 6.54 Å². The van der Waals surface area contributed by atoms with E-state index >= 15 is 0 Å².